The van der Waals surface area contributed by atoms with Crippen LogP contribution in [0.2, 0.25) is 0 Å². The average Bonchev–Trinajstić information content (AvgIpc) is 2.95. The minimum Gasteiger partial charge on any atom is -0.355 e. The van der Waals surface area contributed by atoms with E-state index < -0.39 is 0 Å². The van der Waals surface area contributed by atoms with Gasteiger partial charge < -0.3 is 10.2 Å². The van der Waals surface area contributed by atoms with E-state index in [0.717, 1.165) is 6.42 Å². The van der Waals surface area contributed by atoms with Gasteiger partial charge >= 0.3 is 0 Å². The highest BCUT2D eigenvalue weighted by molar-refractivity contribution is 7.09. The Morgan fingerprint density at radius 1 is 1.65 bits per heavy atom. The molecule has 0 spiro atoms. The SMILES string of the molecule is CN(CCc1cccs1)C(=O)C1CNC(=O)C1. The van der Waals surface area contributed by atoms with Gasteiger partial charge in [0.2, 0.25) is 11.8 Å². The third kappa shape index (κ3) is 3.06. The molecule has 17 heavy (non-hydrogen) atoms. The van der Waals surface area contributed by atoms with Crippen molar-refractivity contribution >= 4 is 23.2 Å². The predicted molar refractivity (Wildman–Crippen MR) is 66.8 cm³/mol. The van der Waals surface area contributed by atoms with E-state index in [0.29, 0.717) is 19.5 Å². The summed E-state index contributed by atoms with van der Waals surface area (Å²) in [4.78, 5) is 26.0. The number of nitrogens with one attached hydrogen (secondary N) is 1. The number of likely N-dealkylation sites (N-methyl/N-ethyl adjacent to an activating group) is 1. The number of hydrogen-bond donors (Lipinski definition) is 1. The summed E-state index contributed by atoms with van der Waals surface area (Å²) in [7, 11) is 1.80. The Morgan fingerprint density at radius 2 is 2.47 bits per heavy atom. The Balaban J connectivity index is 1.81. The van der Waals surface area contributed by atoms with Crippen molar-refractivity contribution in [1.82, 2.24) is 10.2 Å². The van der Waals surface area contributed by atoms with Crippen molar-refractivity contribution in [2.45, 2.75) is 12.8 Å². The minimum absolute atomic E-state index is 0.0185. The van der Waals surface area contributed by atoms with Gasteiger partial charge in [-0.25, -0.2) is 0 Å². The van der Waals surface area contributed by atoms with Crippen LogP contribution in [0.5, 0.6) is 0 Å². The van der Waals surface area contributed by atoms with Crippen LogP contribution in [0, 0.1) is 5.92 Å². The summed E-state index contributed by atoms with van der Waals surface area (Å²) < 4.78 is 0. The Bertz CT molecular complexity index is 403. The molecule has 1 saturated heterocycles. The van der Waals surface area contributed by atoms with Crippen molar-refractivity contribution in [3.63, 3.8) is 0 Å². The summed E-state index contributed by atoms with van der Waals surface area (Å²) in [6.07, 6.45) is 1.22. The normalized spacial score (nSPS) is 19.1. The number of nitrogens with zero attached hydrogens (tertiary/aromatic N) is 1. The fraction of sp³-hybridized carbons (Fsp3) is 0.500. The molecule has 1 N–H and O–H groups in total. The Kier molecular flexibility index (Phi) is 3.78. The largest absolute Gasteiger partial charge is 0.355 e. The van der Waals surface area contributed by atoms with Gasteiger partial charge in [-0.2, -0.15) is 0 Å². The van der Waals surface area contributed by atoms with Crippen LogP contribution >= 0.6 is 11.3 Å². The van der Waals surface area contributed by atoms with Crippen molar-refractivity contribution in [3.8, 4) is 0 Å². The zero-order valence-electron chi connectivity index (χ0n) is 9.81. The minimum atomic E-state index is -0.171. The number of carbonyl (C=O) groups is 2. The maximum absolute atomic E-state index is 12.0. The van der Waals surface area contributed by atoms with Crippen LogP contribution < -0.4 is 5.32 Å². The fourth-order valence-electron chi connectivity index (χ4n) is 1.93. The van der Waals surface area contributed by atoms with Crippen LogP contribution in [0.4, 0.5) is 0 Å². The van der Waals surface area contributed by atoms with Crippen LogP contribution in [-0.4, -0.2) is 36.9 Å². The molecule has 2 heterocycles. The molecule has 4 nitrogen and oxygen atoms in total. The topological polar surface area (TPSA) is 49.4 Å². The quantitative estimate of drug-likeness (QED) is 0.865. The van der Waals surface area contributed by atoms with Crippen molar-refractivity contribution in [1.29, 1.82) is 0 Å². The molecule has 1 fully saturated rings. The molecule has 1 aromatic heterocycles. The zero-order valence-corrected chi connectivity index (χ0v) is 10.6. The molecule has 1 aliphatic rings. The second-order valence-electron chi connectivity index (χ2n) is 4.29. The van der Waals surface area contributed by atoms with Crippen LogP contribution in [0.15, 0.2) is 17.5 Å². The lowest BCUT2D eigenvalue weighted by Gasteiger charge is -2.19. The third-order valence-electron chi connectivity index (χ3n) is 2.98. The van der Waals surface area contributed by atoms with Gasteiger partial charge in [-0.05, 0) is 17.9 Å². The lowest BCUT2D eigenvalue weighted by molar-refractivity contribution is -0.134. The van der Waals surface area contributed by atoms with Gasteiger partial charge in [0.15, 0.2) is 0 Å². The number of thiophene rings is 1. The van der Waals surface area contributed by atoms with Gasteiger partial charge in [0, 0.05) is 31.4 Å². The molecular weight excluding hydrogens is 236 g/mol. The smallest absolute Gasteiger partial charge is 0.227 e. The summed E-state index contributed by atoms with van der Waals surface area (Å²) in [5.74, 6) is -0.120. The van der Waals surface area contributed by atoms with Crippen LogP contribution in [0.3, 0.4) is 0 Å². The van der Waals surface area contributed by atoms with Crippen molar-refractivity contribution in [3.05, 3.63) is 22.4 Å². The first-order chi connectivity index (χ1) is 8.16. The molecule has 2 amide bonds. The van der Waals surface area contributed by atoms with Crippen molar-refractivity contribution < 1.29 is 9.59 Å². The van der Waals surface area contributed by atoms with Crippen molar-refractivity contribution in [2.24, 2.45) is 5.92 Å². The molecule has 2 rings (SSSR count). The molecule has 1 atom stereocenters. The van der Waals surface area contributed by atoms with Gasteiger partial charge in [-0.1, -0.05) is 6.07 Å². The summed E-state index contributed by atoms with van der Waals surface area (Å²) in [6.45, 7) is 1.20. The summed E-state index contributed by atoms with van der Waals surface area (Å²) in [6, 6.07) is 4.09. The molecule has 1 aliphatic heterocycles. The van der Waals surface area contributed by atoms with Crippen LogP contribution in [0.25, 0.3) is 0 Å². The van der Waals surface area contributed by atoms with Gasteiger partial charge in [-0.3, -0.25) is 9.59 Å². The maximum atomic E-state index is 12.0. The highest BCUT2D eigenvalue weighted by Gasteiger charge is 2.29. The summed E-state index contributed by atoms with van der Waals surface area (Å²) in [5.41, 5.74) is 0. The number of rotatable bonds is 4. The highest BCUT2D eigenvalue weighted by Crippen LogP contribution is 2.13. The van der Waals surface area contributed by atoms with E-state index in [1.807, 2.05) is 11.4 Å². The monoisotopic (exact) mass is 252 g/mol. The number of hydrogen-bond acceptors (Lipinski definition) is 3. The predicted octanol–water partition coefficient (Wildman–Crippen LogP) is 0.885. The molecule has 92 valence electrons. The zero-order chi connectivity index (χ0) is 12.3. The van der Waals surface area contributed by atoms with Crippen LogP contribution in [0.1, 0.15) is 11.3 Å². The molecule has 5 heteroatoms. The van der Waals surface area contributed by atoms with Gasteiger partial charge in [0.05, 0.1) is 5.92 Å². The third-order valence-corrected chi connectivity index (χ3v) is 3.91. The average molecular weight is 252 g/mol. The Labute approximate surface area is 105 Å². The van der Waals surface area contributed by atoms with Gasteiger partial charge in [0.25, 0.3) is 0 Å². The lowest BCUT2D eigenvalue weighted by atomic mass is 10.1. The fourth-order valence-corrected chi connectivity index (χ4v) is 2.63. The van der Waals surface area contributed by atoms with Crippen LogP contribution in [-0.2, 0) is 16.0 Å². The lowest BCUT2D eigenvalue weighted by Crippen LogP contribution is -2.35. The second kappa shape index (κ2) is 5.31. The van der Waals surface area contributed by atoms with E-state index in [4.69, 9.17) is 0 Å². The number of amides is 2. The summed E-state index contributed by atoms with van der Waals surface area (Å²) in [5, 5.41) is 4.73. The van der Waals surface area contributed by atoms with E-state index in [9.17, 15) is 9.59 Å². The molecule has 1 aromatic rings. The molecule has 0 aliphatic carbocycles. The van der Waals surface area contributed by atoms with E-state index in [1.54, 1.807) is 23.3 Å². The second-order valence-corrected chi connectivity index (χ2v) is 5.33. The maximum Gasteiger partial charge on any atom is 0.227 e. The van der Waals surface area contributed by atoms with Crippen molar-refractivity contribution in [2.75, 3.05) is 20.1 Å². The first-order valence-electron chi connectivity index (χ1n) is 5.71. The first-order valence-corrected chi connectivity index (χ1v) is 6.59. The van der Waals surface area contributed by atoms with E-state index in [2.05, 4.69) is 11.4 Å². The molecule has 0 radical (unpaired) electrons. The van der Waals surface area contributed by atoms with E-state index in [-0.39, 0.29) is 17.7 Å². The van der Waals surface area contributed by atoms with Gasteiger partial charge in [0.1, 0.15) is 0 Å². The Hall–Kier alpha value is -1.36. The molecule has 0 saturated carbocycles. The van der Waals surface area contributed by atoms with Gasteiger partial charge in [-0.15, -0.1) is 11.3 Å². The molecule has 0 bridgehead atoms. The number of carbonyl (C=O) groups excluding carboxylic acids is 2. The standard InChI is InChI=1S/C12H16N2O2S/c1-14(5-4-10-3-2-6-17-10)12(16)9-7-11(15)13-8-9/h2-3,6,9H,4-5,7-8H2,1H3,(H,13,15). The summed E-state index contributed by atoms with van der Waals surface area (Å²) >= 11 is 1.70. The van der Waals surface area contributed by atoms with E-state index >= 15 is 0 Å². The first kappa shape index (κ1) is 12.1. The molecular formula is C12H16N2O2S. The van der Waals surface area contributed by atoms with E-state index in [1.165, 1.54) is 4.88 Å². The highest BCUT2D eigenvalue weighted by atomic mass is 32.1. The molecule has 1 unspecified atom stereocenters. The Morgan fingerprint density at radius 3 is 3.06 bits per heavy atom. The molecule has 0 aromatic carbocycles.